The zero-order valence-corrected chi connectivity index (χ0v) is 14.0. The van der Waals surface area contributed by atoms with Gasteiger partial charge in [-0.15, -0.1) is 0 Å². The summed E-state index contributed by atoms with van der Waals surface area (Å²) in [6.07, 6.45) is 6.64. The van der Waals surface area contributed by atoms with Crippen molar-refractivity contribution in [2.24, 2.45) is 11.8 Å². The molecule has 5 unspecified atom stereocenters. The summed E-state index contributed by atoms with van der Waals surface area (Å²) in [5, 5.41) is 3.49. The number of nitrogens with one attached hydrogen (secondary N) is 1. The van der Waals surface area contributed by atoms with Gasteiger partial charge in [0.15, 0.2) is 0 Å². The van der Waals surface area contributed by atoms with Crippen molar-refractivity contribution >= 4 is 0 Å². The average molecular weight is 317 g/mol. The van der Waals surface area contributed by atoms with Crippen LogP contribution in [0.25, 0.3) is 0 Å². The van der Waals surface area contributed by atoms with Gasteiger partial charge in [0.1, 0.15) is 12.3 Å². The molecule has 2 fully saturated rings. The maximum Gasteiger partial charge on any atom is 0.106 e. The van der Waals surface area contributed by atoms with Crippen LogP contribution in [0.1, 0.15) is 64.7 Å². The molecular weight excluding hydrogens is 284 g/mol. The van der Waals surface area contributed by atoms with Crippen LogP contribution in [0.2, 0.25) is 0 Å². The second kappa shape index (κ2) is 9.82. The lowest BCUT2D eigenvalue weighted by Gasteiger charge is -2.31. The van der Waals surface area contributed by atoms with E-state index in [0.717, 1.165) is 51.8 Å². The molecule has 1 saturated carbocycles. The minimum atomic E-state index is -0.928. The zero-order valence-electron chi connectivity index (χ0n) is 14.0. The molecular formula is C18H33F2NO. The van der Waals surface area contributed by atoms with Crippen molar-refractivity contribution in [3.63, 3.8) is 0 Å². The van der Waals surface area contributed by atoms with Gasteiger partial charge in [0, 0.05) is 19.6 Å². The Balaban J connectivity index is 1.65. The number of hydrogen-bond donors (Lipinski definition) is 1. The number of alkyl halides is 2. The van der Waals surface area contributed by atoms with Gasteiger partial charge in [-0.25, -0.2) is 8.78 Å². The minimum absolute atomic E-state index is 0.0849. The predicted octanol–water partition coefficient (Wildman–Crippen LogP) is 4.43. The van der Waals surface area contributed by atoms with Gasteiger partial charge >= 0.3 is 0 Å². The summed E-state index contributed by atoms with van der Waals surface area (Å²) in [4.78, 5) is 0. The molecule has 0 aromatic heterocycles. The highest BCUT2D eigenvalue weighted by atomic mass is 19.1. The first-order valence-corrected chi connectivity index (χ1v) is 9.29. The number of halogens is 2. The summed E-state index contributed by atoms with van der Waals surface area (Å²) >= 11 is 0. The van der Waals surface area contributed by atoms with Crippen LogP contribution in [0, 0.1) is 11.8 Å². The van der Waals surface area contributed by atoms with Crippen LogP contribution in [0.3, 0.4) is 0 Å². The molecule has 2 nitrogen and oxygen atoms in total. The Morgan fingerprint density at radius 1 is 1.18 bits per heavy atom. The van der Waals surface area contributed by atoms with Gasteiger partial charge in [-0.3, -0.25) is 0 Å². The molecule has 4 heteroatoms. The van der Waals surface area contributed by atoms with E-state index in [1.807, 2.05) is 0 Å². The maximum absolute atomic E-state index is 14.0. The van der Waals surface area contributed by atoms with Crippen molar-refractivity contribution in [3.05, 3.63) is 0 Å². The molecule has 1 saturated heterocycles. The van der Waals surface area contributed by atoms with E-state index >= 15 is 0 Å². The molecule has 1 N–H and O–H groups in total. The normalized spacial score (nSPS) is 34.0. The monoisotopic (exact) mass is 317 g/mol. The van der Waals surface area contributed by atoms with Crippen LogP contribution >= 0.6 is 0 Å². The third kappa shape index (κ3) is 6.11. The summed E-state index contributed by atoms with van der Waals surface area (Å²) in [5.74, 6) is 0.656. The number of hydrogen-bond acceptors (Lipinski definition) is 2. The van der Waals surface area contributed by atoms with Gasteiger partial charge in [-0.05, 0) is 56.9 Å². The van der Waals surface area contributed by atoms with Crippen LogP contribution in [0.5, 0.6) is 0 Å². The highest BCUT2D eigenvalue weighted by Crippen LogP contribution is 2.35. The van der Waals surface area contributed by atoms with Gasteiger partial charge in [0.25, 0.3) is 0 Å². The standard InChI is InChI=1S/C18H33F2NO/c1-2-4-14(8-9-21-13-17-5-3-10-22-17)11-15-6-7-16(19)12-18(15)20/h14-18,21H,2-13H2,1H3. The molecule has 1 aliphatic carbocycles. The molecule has 0 aromatic rings. The lowest BCUT2D eigenvalue weighted by molar-refractivity contribution is 0.0835. The molecule has 1 heterocycles. The smallest absolute Gasteiger partial charge is 0.106 e. The zero-order chi connectivity index (χ0) is 15.8. The highest BCUT2D eigenvalue weighted by molar-refractivity contribution is 4.82. The molecule has 5 atom stereocenters. The van der Waals surface area contributed by atoms with E-state index in [9.17, 15) is 8.78 Å². The van der Waals surface area contributed by atoms with E-state index in [4.69, 9.17) is 4.74 Å². The van der Waals surface area contributed by atoms with Gasteiger partial charge in [0.2, 0.25) is 0 Å². The highest BCUT2D eigenvalue weighted by Gasteiger charge is 2.31. The second-order valence-corrected chi connectivity index (χ2v) is 7.20. The maximum atomic E-state index is 14.0. The summed E-state index contributed by atoms with van der Waals surface area (Å²) in [5.41, 5.74) is 0. The van der Waals surface area contributed by atoms with Gasteiger partial charge in [-0.1, -0.05) is 19.8 Å². The molecule has 130 valence electrons. The fourth-order valence-corrected chi connectivity index (χ4v) is 3.99. The average Bonchev–Trinajstić information content (AvgIpc) is 3.00. The molecule has 2 aliphatic rings. The molecule has 1 aliphatic heterocycles. The third-order valence-corrected chi connectivity index (χ3v) is 5.30. The Kier molecular flexibility index (Phi) is 8.09. The number of rotatable bonds is 9. The SMILES string of the molecule is CCCC(CCNCC1CCCO1)CC1CCC(F)CC1F. The van der Waals surface area contributed by atoms with Crippen LogP contribution in [-0.2, 0) is 4.74 Å². The third-order valence-electron chi connectivity index (χ3n) is 5.30. The molecule has 0 radical (unpaired) electrons. The van der Waals surface area contributed by atoms with E-state index in [1.165, 1.54) is 12.8 Å². The molecule has 2 rings (SSSR count). The first-order chi connectivity index (χ1) is 10.7. The van der Waals surface area contributed by atoms with Gasteiger partial charge in [0.05, 0.1) is 6.10 Å². The van der Waals surface area contributed by atoms with Crippen molar-refractivity contribution in [2.75, 3.05) is 19.7 Å². The molecule has 0 bridgehead atoms. The van der Waals surface area contributed by atoms with Crippen LogP contribution in [0.4, 0.5) is 8.78 Å². The molecule has 0 spiro atoms. The van der Waals surface area contributed by atoms with Gasteiger partial charge in [-0.2, -0.15) is 0 Å². The Labute approximate surface area is 134 Å². The van der Waals surface area contributed by atoms with E-state index < -0.39 is 12.3 Å². The van der Waals surface area contributed by atoms with Crippen LogP contribution < -0.4 is 5.32 Å². The lowest BCUT2D eigenvalue weighted by atomic mass is 9.79. The predicted molar refractivity (Wildman–Crippen MR) is 86.6 cm³/mol. The van der Waals surface area contributed by atoms with Crippen molar-refractivity contribution in [1.29, 1.82) is 0 Å². The van der Waals surface area contributed by atoms with Gasteiger partial charge < -0.3 is 10.1 Å². The number of ether oxygens (including phenoxy) is 1. The van der Waals surface area contributed by atoms with Crippen molar-refractivity contribution in [3.8, 4) is 0 Å². The topological polar surface area (TPSA) is 21.3 Å². The summed E-state index contributed by atoms with van der Waals surface area (Å²) in [6, 6.07) is 0. The van der Waals surface area contributed by atoms with E-state index in [0.29, 0.717) is 18.4 Å². The molecule has 0 amide bonds. The first kappa shape index (κ1) is 18.1. The van der Waals surface area contributed by atoms with Crippen molar-refractivity contribution in [2.45, 2.75) is 83.2 Å². The van der Waals surface area contributed by atoms with E-state index in [-0.39, 0.29) is 12.3 Å². The Bertz CT molecular complexity index is 297. The van der Waals surface area contributed by atoms with Crippen LogP contribution in [0.15, 0.2) is 0 Å². The minimum Gasteiger partial charge on any atom is -0.377 e. The Morgan fingerprint density at radius 3 is 2.73 bits per heavy atom. The Morgan fingerprint density at radius 2 is 2.05 bits per heavy atom. The summed E-state index contributed by atoms with van der Waals surface area (Å²) in [7, 11) is 0. The second-order valence-electron chi connectivity index (χ2n) is 7.20. The Hall–Kier alpha value is -0.220. The molecule has 22 heavy (non-hydrogen) atoms. The quantitative estimate of drug-likeness (QED) is 0.635. The fourth-order valence-electron chi connectivity index (χ4n) is 3.99. The molecule has 0 aromatic carbocycles. The fraction of sp³-hybridized carbons (Fsp3) is 1.00. The van der Waals surface area contributed by atoms with Crippen molar-refractivity contribution < 1.29 is 13.5 Å². The van der Waals surface area contributed by atoms with E-state index in [1.54, 1.807) is 0 Å². The van der Waals surface area contributed by atoms with E-state index in [2.05, 4.69) is 12.2 Å². The van der Waals surface area contributed by atoms with Crippen molar-refractivity contribution in [1.82, 2.24) is 5.32 Å². The largest absolute Gasteiger partial charge is 0.377 e. The van der Waals surface area contributed by atoms with Crippen LogP contribution in [-0.4, -0.2) is 38.1 Å². The summed E-state index contributed by atoms with van der Waals surface area (Å²) < 4.78 is 32.9. The first-order valence-electron chi connectivity index (χ1n) is 9.29. The lowest BCUT2D eigenvalue weighted by Crippen LogP contribution is -2.31. The summed E-state index contributed by atoms with van der Waals surface area (Å²) in [6.45, 7) is 5.02.